The SMILES string of the molecule is CCCSCC(=O)NC(C)(C)CCC(=O)O. The van der Waals surface area contributed by atoms with E-state index in [0.29, 0.717) is 12.2 Å². The molecule has 1 amide bonds. The number of hydrogen-bond donors (Lipinski definition) is 2. The lowest BCUT2D eigenvalue weighted by Crippen LogP contribution is -2.44. The maximum Gasteiger partial charge on any atom is 0.303 e. The van der Waals surface area contributed by atoms with E-state index in [2.05, 4.69) is 12.2 Å². The second-order valence-electron chi connectivity index (χ2n) is 4.38. The van der Waals surface area contributed by atoms with Crippen molar-refractivity contribution in [2.24, 2.45) is 0 Å². The number of carboxylic acid groups (broad SMARTS) is 1. The Balaban J connectivity index is 3.85. The molecule has 0 atom stereocenters. The van der Waals surface area contributed by atoms with Crippen molar-refractivity contribution in [3.05, 3.63) is 0 Å². The summed E-state index contributed by atoms with van der Waals surface area (Å²) < 4.78 is 0. The van der Waals surface area contributed by atoms with Crippen molar-refractivity contribution < 1.29 is 14.7 Å². The molecule has 0 rings (SSSR count). The van der Waals surface area contributed by atoms with Crippen molar-refractivity contribution >= 4 is 23.6 Å². The van der Waals surface area contributed by atoms with E-state index < -0.39 is 11.5 Å². The van der Waals surface area contributed by atoms with Crippen LogP contribution in [0.5, 0.6) is 0 Å². The zero-order chi connectivity index (χ0) is 12.6. The van der Waals surface area contributed by atoms with Gasteiger partial charge in [0, 0.05) is 12.0 Å². The van der Waals surface area contributed by atoms with E-state index in [-0.39, 0.29) is 12.3 Å². The van der Waals surface area contributed by atoms with E-state index >= 15 is 0 Å². The predicted octanol–water partition coefficient (Wildman–Crippen LogP) is 1.89. The summed E-state index contributed by atoms with van der Waals surface area (Å²) in [6.07, 6.45) is 1.59. The lowest BCUT2D eigenvalue weighted by molar-refractivity contribution is -0.137. The Morgan fingerprint density at radius 1 is 1.38 bits per heavy atom. The van der Waals surface area contributed by atoms with Crippen LogP contribution in [0.1, 0.15) is 40.0 Å². The van der Waals surface area contributed by atoms with Gasteiger partial charge >= 0.3 is 5.97 Å². The number of carbonyl (C=O) groups excluding carboxylic acids is 1. The first-order chi connectivity index (χ1) is 7.37. The molecule has 0 radical (unpaired) electrons. The largest absolute Gasteiger partial charge is 0.481 e. The second-order valence-corrected chi connectivity index (χ2v) is 5.48. The van der Waals surface area contributed by atoms with Crippen molar-refractivity contribution in [1.82, 2.24) is 5.32 Å². The fourth-order valence-electron chi connectivity index (χ4n) is 1.20. The molecule has 2 N–H and O–H groups in total. The van der Waals surface area contributed by atoms with Gasteiger partial charge in [0.1, 0.15) is 0 Å². The second kappa shape index (κ2) is 7.54. The number of rotatable bonds is 8. The van der Waals surface area contributed by atoms with E-state index in [1.807, 2.05) is 13.8 Å². The van der Waals surface area contributed by atoms with E-state index in [0.717, 1.165) is 12.2 Å². The predicted molar refractivity (Wildman–Crippen MR) is 66.7 cm³/mol. The molecule has 0 aromatic rings. The topological polar surface area (TPSA) is 66.4 Å². The van der Waals surface area contributed by atoms with Gasteiger partial charge in [-0.15, -0.1) is 0 Å². The first-order valence-corrected chi connectivity index (χ1v) is 6.63. The van der Waals surface area contributed by atoms with Gasteiger partial charge in [-0.1, -0.05) is 6.92 Å². The molecule has 0 aromatic carbocycles. The quantitative estimate of drug-likeness (QED) is 0.643. The Kier molecular flexibility index (Phi) is 7.21. The minimum absolute atomic E-state index is 0.0196. The number of carbonyl (C=O) groups is 2. The summed E-state index contributed by atoms with van der Waals surface area (Å²) in [5, 5.41) is 11.4. The van der Waals surface area contributed by atoms with Crippen molar-refractivity contribution in [1.29, 1.82) is 0 Å². The van der Waals surface area contributed by atoms with Gasteiger partial charge in [-0.2, -0.15) is 11.8 Å². The van der Waals surface area contributed by atoms with E-state index in [9.17, 15) is 9.59 Å². The van der Waals surface area contributed by atoms with Crippen LogP contribution in [-0.2, 0) is 9.59 Å². The molecular formula is C11H21NO3S. The van der Waals surface area contributed by atoms with Crippen molar-refractivity contribution in [2.75, 3.05) is 11.5 Å². The molecule has 0 aliphatic rings. The molecule has 0 aliphatic heterocycles. The zero-order valence-corrected chi connectivity index (χ0v) is 11.0. The van der Waals surface area contributed by atoms with Gasteiger partial charge in [0.2, 0.25) is 5.91 Å². The first-order valence-electron chi connectivity index (χ1n) is 5.48. The molecule has 0 aliphatic carbocycles. The maximum absolute atomic E-state index is 11.5. The molecule has 4 nitrogen and oxygen atoms in total. The Labute approximate surface area is 101 Å². The van der Waals surface area contributed by atoms with E-state index in [1.165, 1.54) is 0 Å². The van der Waals surface area contributed by atoms with Crippen LogP contribution in [0, 0.1) is 0 Å². The molecule has 0 bridgehead atoms. The van der Waals surface area contributed by atoms with Crippen LogP contribution < -0.4 is 5.32 Å². The fourth-order valence-corrected chi connectivity index (χ4v) is 1.90. The number of hydrogen-bond acceptors (Lipinski definition) is 3. The lowest BCUT2D eigenvalue weighted by atomic mass is 9.98. The summed E-state index contributed by atoms with van der Waals surface area (Å²) in [7, 11) is 0. The number of amides is 1. The summed E-state index contributed by atoms with van der Waals surface area (Å²) in [4.78, 5) is 21.9. The molecule has 0 fully saturated rings. The Bertz CT molecular complexity index is 241. The summed E-state index contributed by atoms with van der Waals surface area (Å²) in [5.74, 6) is 0.573. The molecule has 16 heavy (non-hydrogen) atoms. The number of aliphatic carboxylic acids is 1. The van der Waals surface area contributed by atoms with E-state index in [1.54, 1.807) is 11.8 Å². The molecule has 0 saturated carbocycles. The Hall–Kier alpha value is -0.710. The molecule has 5 heteroatoms. The highest BCUT2D eigenvalue weighted by Crippen LogP contribution is 2.12. The number of nitrogens with one attached hydrogen (secondary N) is 1. The van der Waals surface area contributed by atoms with Gasteiger partial charge in [0.15, 0.2) is 0 Å². The van der Waals surface area contributed by atoms with Crippen LogP contribution >= 0.6 is 11.8 Å². The first kappa shape index (κ1) is 15.3. The Morgan fingerprint density at radius 3 is 2.50 bits per heavy atom. The highest BCUT2D eigenvalue weighted by molar-refractivity contribution is 7.99. The molecule has 0 unspecified atom stereocenters. The fraction of sp³-hybridized carbons (Fsp3) is 0.818. The molecule has 0 saturated heterocycles. The number of carboxylic acids is 1. The highest BCUT2D eigenvalue weighted by Gasteiger charge is 2.21. The zero-order valence-electron chi connectivity index (χ0n) is 10.2. The van der Waals surface area contributed by atoms with Gasteiger partial charge in [0.05, 0.1) is 5.75 Å². The average molecular weight is 247 g/mol. The third-order valence-corrected chi connectivity index (χ3v) is 3.19. The summed E-state index contributed by atoms with van der Waals surface area (Å²) in [6, 6.07) is 0. The standard InChI is InChI=1S/C11H21NO3S/c1-4-7-16-8-9(13)12-11(2,3)6-5-10(14)15/h4-8H2,1-3H3,(H,12,13)(H,14,15). The van der Waals surface area contributed by atoms with Crippen molar-refractivity contribution in [3.8, 4) is 0 Å². The smallest absolute Gasteiger partial charge is 0.303 e. The van der Waals surface area contributed by atoms with Gasteiger partial charge in [-0.05, 0) is 32.4 Å². The molecule has 0 aromatic heterocycles. The van der Waals surface area contributed by atoms with Crippen LogP contribution in [0.15, 0.2) is 0 Å². The Morgan fingerprint density at radius 2 is 2.00 bits per heavy atom. The van der Waals surface area contributed by atoms with Gasteiger partial charge in [0.25, 0.3) is 0 Å². The summed E-state index contributed by atoms with van der Waals surface area (Å²) in [6.45, 7) is 5.76. The van der Waals surface area contributed by atoms with Crippen LogP contribution in [0.3, 0.4) is 0 Å². The minimum atomic E-state index is -0.831. The molecular weight excluding hydrogens is 226 g/mol. The van der Waals surface area contributed by atoms with E-state index in [4.69, 9.17) is 5.11 Å². The van der Waals surface area contributed by atoms with Crippen LogP contribution in [0.2, 0.25) is 0 Å². The monoisotopic (exact) mass is 247 g/mol. The third-order valence-electron chi connectivity index (χ3n) is 2.02. The molecule has 94 valence electrons. The van der Waals surface area contributed by atoms with Gasteiger partial charge in [-0.3, -0.25) is 9.59 Å². The van der Waals surface area contributed by atoms with Crippen LogP contribution in [0.25, 0.3) is 0 Å². The summed E-state index contributed by atoms with van der Waals surface area (Å²) in [5.41, 5.74) is -0.442. The van der Waals surface area contributed by atoms with Crippen molar-refractivity contribution in [2.45, 2.75) is 45.6 Å². The van der Waals surface area contributed by atoms with Gasteiger partial charge < -0.3 is 10.4 Å². The lowest BCUT2D eigenvalue weighted by Gasteiger charge is -2.25. The summed E-state index contributed by atoms with van der Waals surface area (Å²) >= 11 is 1.60. The number of thioether (sulfide) groups is 1. The molecule has 0 spiro atoms. The minimum Gasteiger partial charge on any atom is -0.481 e. The average Bonchev–Trinajstić information content (AvgIpc) is 2.15. The normalized spacial score (nSPS) is 11.2. The third kappa shape index (κ3) is 8.59. The van der Waals surface area contributed by atoms with Crippen LogP contribution in [0.4, 0.5) is 0 Å². The molecule has 0 heterocycles. The van der Waals surface area contributed by atoms with Crippen molar-refractivity contribution in [3.63, 3.8) is 0 Å². The van der Waals surface area contributed by atoms with Gasteiger partial charge in [-0.25, -0.2) is 0 Å². The van der Waals surface area contributed by atoms with Crippen LogP contribution in [-0.4, -0.2) is 34.0 Å². The maximum atomic E-state index is 11.5. The highest BCUT2D eigenvalue weighted by atomic mass is 32.2.